The van der Waals surface area contributed by atoms with Gasteiger partial charge in [-0.15, -0.1) is 0 Å². The molecule has 420 valence electrons. The normalized spacial score (nSPS) is 14.1. The van der Waals surface area contributed by atoms with Crippen molar-refractivity contribution in [2.45, 2.75) is 315 Å². The van der Waals surface area contributed by atoms with Gasteiger partial charge in [0.2, 0.25) is 5.91 Å². The van der Waals surface area contributed by atoms with Crippen molar-refractivity contribution in [3.05, 3.63) is 36.5 Å². The van der Waals surface area contributed by atoms with Gasteiger partial charge < -0.3 is 28.8 Å². The Morgan fingerprint density at radius 1 is 0.479 bits per heavy atom. The Morgan fingerprint density at radius 3 is 1.14 bits per heavy atom. The molecule has 0 rings (SSSR count). The van der Waals surface area contributed by atoms with Gasteiger partial charge in [-0.25, -0.2) is 0 Å². The van der Waals surface area contributed by atoms with Gasteiger partial charge in [-0.05, 0) is 57.8 Å². The van der Waals surface area contributed by atoms with Crippen LogP contribution >= 0.6 is 7.82 Å². The number of unbranched alkanes of at least 4 members (excludes halogenated alkanes) is 40. The molecule has 0 heterocycles. The first kappa shape index (κ1) is 69.7. The van der Waals surface area contributed by atoms with E-state index < -0.39 is 20.0 Å². The standard InChI is InChI=1S/C62H121N2O6P/c1-6-8-10-12-14-16-18-20-22-23-24-25-26-27-28-29-30-31-32-33-34-35-36-37-38-39-40-41-42-44-46-48-50-52-54-56-62(66)63-60(59-70-71(67,68)69-58-57-64(3,4)5)61(65)55-53-51-49-47-45-43-21-19-17-15-13-11-9-7-2/h29-30,45,47,53,55,60-61,65H,6-28,31-44,46,48-52,54,56-59H2,1-5H3,(H-,63,66,67,68)/b30-29-,47-45+,55-53+. The molecule has 0 aliphatic heterocycles. The molecule has 0 saturated heterocycles. The van der Waals surface area contributed by atoms with Crippen molar-refractivity contribution in [2.75, 3.05) is 40.9 Å². The van der Waals surface area contributed by atoms with Crippen LogP contribution in [-0.4, -0.2) is 68.5 Å². The number of amides is 1. The van der Waals surface area contributed by atoms with Crippen LogP contribution in [0.25, 0.3) is 0 Å². The molecule has 3 unspecified atom stereocenters. The van der Waals surface area contributed by atoms with Crippen molar-refractivity contribution < 1.29 is 32.9 Å². The third-order valence-electron chi connectivity index (χ3n) is 14.1. The molecule has 0 aliphatic rings. The van der Waals surface area contributed by atoms with E-state index in [0.29, 0.717) is 17.4 Å². The highest BCUT2D eigenvalue weighted by Crippen LogP contribution is 2.38. The number of rotatable bonds is 57. The molecule has 8 nitrogen and oxygen atoms in total. The minimum atomic E-state index is -4.60. The van der Waals surface area contributed by atoms with E-state index in [0.717, 1.165) is 38.5 Å². The lowest BCUT2D eigenvalue weighted by atomic mass is 10.0. The first-order valence-corrected chi connectivity index (χ1v) is 32.3. The smallest absolute Gasteiger partial charge is 0.268 e. The van der Waals surface area contributed by atoms with Crippen LogP contribution in [0, 0.1) is 0 Å². The summed E-state index contributed by atoms with van der Waals surface area (Å²) in [6.07, 6.45) is 69.7. The van der Waals surface area contributed by atoms with Crippen molar-refractivity contribution in [1.82, 2.24) is 5.32 Å². The summed E-state index contributed by atoms with van der Waals surface area (Å²) in [6.45, 7) is 4.65. The molecule has 0 radical (unpaired) electrons. The molecule has 1 amide bonds. The number of nitrogens with zero attached hydrogens (tertiary/aromatic N) is 1. The molecule has 0 aliphatic carbocycles. The molecule has 0 aromatic heterocycles. The third kappa shape index (κ3) is 56.3. The van der Waals surface area contributed by atoms with E-state index >= 15 is 0 Å². The van der Waals surface area contributed by atoms with Crippen LogP contribution in [0.5, 0.6) is 0 Å². The van der Waals surface area contributed by atoms with Crippen molar-refractivity contribution >= 4 is 13.7 Å². The average molecular weight is 1020 g/mol. The maximum Gasteiger partial charge on any atom is 0.268 e. The Bertz CT molecular complexity index is 1250. The predicted molar refractivity (Wildman–Crippen MR) is 307 cm³/mol. The Kier molecular flexibility index (Phi) is 52.6. The van der Waals surface area contributed by atoms with Gasteiger partial charge in [0, 0.05) is 6.42 Å². The Labute approximate surface area is 442 Å². The Hall–Kier alpha value is -1.28. The van der Waals surface area contributed by atoms with Crippen molar-refractivity contribution in [3.63, 3.8) is 0 Å². The first-order chi connectivity index (χ1) is 34.5. The van der Waals surface area contributed by atoms with Gasteiger partial charge in [-0.2, -0.15) is 0 Å². The lowest BCUT2D eigenvalue weighted by Gasteiger charge is -2.29. The van der Waals surface area contributed by atoms with Gasteiger partial charge in [-0.1, -0.05) is 275 Å². The largest absolute Gasteiger partial charge is 0.756 e. The van der Waals surface area contributed by atoms with Gasteiger partial charge in [0.1, 0.15) is 13.2 Å². The minimum Gasteiger partial charge on any atom is -0.756 e. The highest BCUT2D eigenvalue weighted by molar-refractivity contribution is 7.45. The number of hydrogen-bond donors (Lipinski definition) is 2. The van der Waals surface area contributed by atoms with E-state index in [1.807, 2.05) is 27.2 Å². The molecular weight excluding hydrogens is 900 g/mol. The maximum atomic E-state index is 13.0. The molecule has 0 fully saturated rings. The van der Waals surface area contributed by atoms with E-state index in [9.17, 15) is 19.4 Å². The SMILES string of the molecule is CCCCCCCCCC/C=C/CC/C=C/C(O)C(COP(=O)([O-])OCC[N+](C)(C)C)NC(=O)CCCCCCCCCCCCCCCCCCC/C=C\CCCCCCCCCCCCCCCC. The van der Waals surface area contributed by atoms with Crippen molar-refractivity contribution in [3.8, 4) is 0 Å². The summed E-state index contributed by atoms with van der Waals surface area (Å²) in [6, 6.07) is -0.901. The number of aliphatic hydroxyl groups is 1. The predicted octanol–water partition coefficient (Wildman–Crippen LogP) is 18.3. The number of quaternary nitrogens is 1. The highest BCUT2D eigenvalue weighted by Gasteiger charge is 2.23. The zero-order valence-electron chi connectivity index (χ0n) is 47.9. The maximum absolute atomic E-state index is 13.0. The summed E-state index contributed by atoms with van der Waals surface area (Å²) >= 11 is 0. The van der Waals surface area contributed by atoms with E-state index in [1.54, 1.807) is 6.08 Å². The monoisotopic (exact) mass is 1020 g/mol. The second-order valence-electron chi connectivity index (χ2n) is 22.4. The van der Waals surface area contributed by atoms with Crippen molar-refractivity contribution in [1.29, 1.82) is 0 Å². The quantitative estimate of drug-likeness (QED) is 0.0272. The lowest BCUT2D eigenvalue weighted by Crippen LogP contribution is -2.45. The topological polar surface area (TPSA) is 108 Å². The number of carbonyl (C=O) groups excluding carboxylic acids is 1. The molecule has 9 heteroatoms. The summed E-state index contributed by atoms with van der Waals surface area (Å²) in [5.41, 5.74) is 0. The fourth-order valence-electron chi connectivity index (χ4n) is 9.23. The molecule has 3 atom stereocenters. The van der Waals surface area contributed by atoms with Crippen molar-refractivity contribution in [2.24, 2.45) is 0 Å². The highest BCUT2D eigenvalue weighted by atomic mass is 31.2. The molecule has 71 heavy (non-hydrogen) atoms. The third-order valence-corrected chi connectivity index (χ3v) is 15.0. The van der Waals surface area contributed by atoms with Crippen LogP contribution in [0.3, 0.4) is 0 Å². The van der Waals surface area contributed by atoms with Gasteiger partial charge in [0.25, 0.3) is 7.82 Å². The summed E-state index contributed by atoms with van der Waals surface area (Å²) in [4.78, 5) is 25.5. The number of aliphatic hydroxyl groups excluding tert-OH is 1. The molecule has 0 bridgehead atoms. The Morgan fingerprint density at radius 2 is 0.789 bits per heavy atom. The second kappa shape index (κ2) is 53.5. The number of phosphoric ester groups is 1. The molecule has 0 spiro atoms. The number of hydrogen-bond acceptors (Lipinski definition) is 6. The van der Waals surface area contributed by atoms with Crippen LogP contribution < -0.4 is 10.2 Å². The zero-order chi connectivity index (χ0) is 52.0. The summed E-state index contributed by atoms with van der Waals surface area (Å²) in [5.74, 6) is -0.203. The zero-order valence-corrected chi connectivity index (χ0v) is 48.8. The number of carbonyl (C=O) groups is 1. The van der Waals surface area contributed by atoms with Gasteiger partial charge in [0.05, 0.1) is 39.9 Å². The minimum absolute atomic E-state index is 0.00513. The molecule has 0 aromatic carbocycles. The van der Waals surface area contributed by atoms with Gasteiger partial charge in [-0.3, -0.25) is 9.36 Å². The summed E-state index contributed by atoms with van der Waals surface area (Å²) in [5, 5.41) is 13.8. The second-order valence-corrected chi connectivity index (χ2v) is 23.8. The lowest BCUT2D eigenvalue weighted by molar-refractivity contribution is -0.870. The van der Waals surface area contributed by atoms with Gasteiger partial charge >= 0.3 is 0 Å². The van der Waals surface area contributed by atoms with Crippen LogP contribution in [-0.2, 0) is 18.4 Å². The molecular formula is C62H121N2O6P. The molecule has 2 N–H and O–H groups in total. The van der Waals surface area contributed by atoms with E-state index in [-0.39, 0.29) is 19.1 Å². The van der Waals surface area contributed by atoms with Crippen LogP contribution in [0.1, 0.15) is 303 Å². The van der Waals surface area contributed by atoms with Gasteiger partial charge in [0.15, 0.2) is 0 Å². The Balaban J connectivity index is 3.97. The fraction of sp³-hybridized carbons (Fsp3) is 0.887. The van der Waals surface area contributed by atoms with Crippen LogP contribution in [0.4, 0.5) is 0 Å². The first-order valence-electron chi connectivity index (χ1n) is 30.9. The summed E-state index contributed by atoms with van der Waals surface area (Å²) < 4.78 is 23.3. The van der Waals surface area contributed by atoms with Crippen LogP contribution in [0.15, 0.2) is 36.5 Å². The van der Waals surface area contributed by atoms with Crippen LogP contribution in [0.2, 0.25) is 0 Å². The number of allylic oxidation sites excluding steroid dienone is 5. The molecule has 0 aromatic rings. The number of phosphoric acid groups is 1. The van der Waals surface area contributed by atoms with E-state index in [1.165, 1.54) is 244 Å². The van der Waals surface area contributed by atoms with E-state index in [4.69, 9.17) is 9.05 Å². The number of nitrogens with one attached hydrogen (secondary N) is 1. The number of likely N-dealkylation sites (N-methyl/N-ethyl adjacent to an activating group) is 1. The molecule has 0 saturated carbocycles. The average Bonchev–Trinajstić information content (AvgIpc) is 3.33. The van der Waals surface area contributed by atoms with E-state index in [2.05, 4.69) is 43.5 Å². The fourth-order valence-corrected chi connectivity index (χ4v) is 9.95. The summed E-state index contributed by atoms with van der Waals surface area (Å²) in [7, 11) is 1.25.